The van der Waals surface area contributed by atoms with Gasteiger partial charge in [0.05, 0.1) is 11.5 Å². The van der Waals surface area contributed by atoms with Gasteiger partial charge in [-0.25, -0.2) is 0 Å². The van der Waals surface area contributed by atoms with Crippen molar-refractivity contribution in [2.24, 2.45) is 5.41 Å². The van der Waals surface area contributed by atoms with Crippen molar-refractivity contribution in [3.63, 3.8) is 0 Å². The monoisotopic (exact) mass is 363 g/mol. The zero-order chi connectivity index (χ0) is 18.9. The van der Waals surface area contributed by atoms with E-state index in [0.29, 0.717) is 19.4 Å². The second-order valence-corrected chi connectivity index (χ2v) is 7.86. The smallest absolute Gasteiger partial charge is 0.310 e. The van der Waals surface area contributed by atoms with Crippen LogP contribution in [-0.2, 0) is 22.4 Å². The molecule has 1 amide bonds. The molecule has 4 rings (SSSR count). The van der Waals surface area contributed by atoms with Crippen molar-refractivity contribution in [3.8, 4) is 0 Å². The van der Waals surface area contributed by atoms with E-state index in [2.05, 4.69) is 24.3 Å². The number of benzene rings is 2. The quantitative estimate of drug-likeness (QED) is 0.873. The summed E-state index contributed by atoms with van der Waals surface area (Å²) in [7, 11) is 0. The average Bonchev–Trinajstić information content (AvgIpc) is 2.65. The van der Waals surface area contributed by atoms with Gasteiger partial charge in [0.15, 0.2) is 0 Å². The highest BCUT2D eigenvalue weighted by molar-refractivity contribution is 5.86. The van der Waals surface area contributed by atoms with E-state index in [1.54, 1.807) is 0 Å². The van der Waals surface area contributed by atoms with E-state index in [4.69, 9.17) is 0 Å². The van der Waals surface area contributed by atoms with E-state index in [0.717, 1.165) is 19.3 Å². The van der Waals surface area contributed by atoms with Gasteiger partial charge in [-0.15, -0.1) is 0 Å². The van der Waals surface area contributed by atoms with E-state index < -0.39 is 11.4 Å². The number of hydrogen-bond donors (Lipinski definition) is 1. The van der Waals surface area contributed by atoms with Gasteiger partial charge in [0.2, 0.25) is 5.91 Å². The lowest BCUT2D eigenvalue weighted by atomic mass is 9.66. The normalized spacial score (nSPS) is 20.4. The van der Waals surface area contributed by atoms with Crippen LogP contribution in [-0.4, -0.2) is 28.4 Å². The third kappa shape index (κ3) is 3.36. The highest BCUT2D eigenvalue weighted by Crippen LogP contribution is 2.45. The molecule has 1 saturated carbocycles. The molecule has 4 nitrogen and oxygen atoms in total. The summed E-state index contributed by atoms with van der Waals surface area (Å²) in [5, 5.41) is 9.62. The van der Waals surface area contributed by atoms with Crippen LogP contribution in [0.5, 0.6) is 0 Å². The molecule has 140 valence electrons. The van der Waals surface area contributed by atoms with Crippen LogP contribution in [0.4, 0.5) is 0 Å². The second kappa shape index (κ2) is 7.18. The number of hydrogen-bond acceptors (Lipinski definition) is 2. The minimum atomic E-state index is -0.842. The summed E-state index contributed by atoms with van der Waals surface area (Å²) in [5.41, 5.74) is 2.83. The summed E-state index contributed by atoms with van der Waals surface area (Å²) in [6.45, 7) is 0.656. The molecule has 1 N–H and O–H groups in total. The van der Waals surface area contributed by atoms with Gasteiger partial charge < -0.3 is 10.0 Å². The van der Waals surface area contributed by atoms with Crippen LogP contribution in [0, 0.1) is 5.41 Å². The van der Waals surface area contributed by atoms with Crippen LogP contribution in [0.15, 0.2) is 54.6 Å². The Hall–Kier alpha value is -2.62. The molecule has 0 radical (unpaired) electrons. The molecule has 27 heavy (non-hydrogen) atoms. The lowest BCUT2D eigenvalue weighted by molar-refractivity contribution is -0.160. The van der Waals surface area contributed by atoms with Gasteiger partial charge in [-0.2, -0.15) is 0 Å². The summed E-state index contributed by atoms with van der Waals surface area (Å²) in [6.07, 6.45) is 3.83. The summed E-state index contributed by atoms with van der Waals surface area (Å²) in [5.74, 6) is -0.841. The van der Waals surface area contributed by atoms with Crippen molar-refractivity contribution in [2.75, 3.05) is 6.54 Å². The Balaban J connectivity index is 1.62. The van der Waals surface area contributed by atoms with Gasteiger partial charge in [0.1, 0.15) is 0 Å². The molecule has 1 atom stereocenters. The highest BCUT2D eigenvalue weighted by Gasteiger charge is 2.47. The van der Waals surface area contributed by atoms with E-state index in [9.17, 15) is 14.7 Å². The molecule has 2 aliphatic rings. The minimum absolute atomic E-state index is 0.0208. The molecular formula is C23H25NO3. The van der Waals surface area contributed by atoms with Crippen LogP contribution in [0.1, 0.15) is 48.4 Å². The Morgan fingerprint density at radius 2 is 1.74 bits per heavy atom. The standard InChI is InChI=1S/C23H25NO3/c25-21(16-23(22(26)27)12-6-13-23)24-14-11-18-9-4-5-10-19(18)20(24)15-17-7-2-1-3-8-17/h1-5,7-10,20H,6,11-16H2,(H,26,27). The topological polar surface area (TPSA) is 57.6 Å². The minimum Gasteiger partial charge on any atom is -0.481 e. The largest absolute Gasteiger partial charge is 0.481 e. The van der Waals surface area contributed by atoms with Gasteiger partial charge in [-0.3, -0.25) is 9.59 Å². The first-order valence-electron chi connectivity index (χ1n) is 9.74. The predicted octanol–water partition coefficient (Wildman–Crippen LogP) is 4.00. The molecular weight excluding hydrogens is 338 g/mol. The third-order valence-corrected chi connectivity index (χ3v) is 6.26. The van der Waals surface area contributed by atoms with E-state index >= 15 is 0 Å². The summed E-state index contributed by atoms with van der Waals surface area (Å²) in [6, 6.07) is 18.5. The van der Waals surface area contributed by atoms with Crippen LogP contribution in [0.3, 0.4) is 0 Å². The number of carbonyl (C=O) groups is 2. The Morgan fingerprint density at radius 3 is 2.41 bits per heavy atom. The molecule has 2 aromatic rings. The Bertz CT molecular complexity index is 842. The Morgan fingerprint density at radius 1 is 1.04 bits per heavy atom. The zero-order valence-corrected chi connectivity index (χ0v) is 15.4. The molecule has 2 aromatic carbocycles. The molecule has 0 bridgehead atoms. The molecule has 0 saturated heterocycles. The fourth-order valence-corrected chi connectivity index (χ4v) is 4.47. The molecule has 1 aliphatic heterocycles. The van der Waals surface area contributed by atoms with Crippen LogP contribution in [0.2, 0.25) is 0 Å². The van der Waals surface area contributed by atoms with Gasteiger partial charge in [0.25, 0.3) is 0 Å². The highest BCUT2D eigenvalue weighted by atomic mass is 16.4. The number of rotatable bonds is 5. The maximum Gasteiger partial charge on any atom is 0.310 e. The van der Waals surface area contributed by atoms with Crippen molar-refractivity contribution in [1.29, 1.82) is 0 Å². The molecule has 0 spiro atoms. The predicted molar refractivity (Wildman–Crippen MR) is 103 cm³/mol. The number of carboxylic acids is 1. The van der Waals surface area contributed by atoms with Gasteiger partial charge in [-0.1, -0.05) is 61.0 Å². The number of nitrogens with zero attached hydrogens (tertiary/aromatic N) is 1. The van der Waals surface area contributed by atoms with Crippen LogP contribution < -0.4 is 0 Å². The first kappa shape index (κ1) is 17.8. The summed E-state index contributed by atoms with van der Waals surface area (Å²) >= 11 is 0. The maximum absolute atomic E-state index is 13.2. The van der Waals surface area contributed by atoms with E-state index in [-0.39, 0.29) is 18.4 Å². The van der Waals surface area contributed by atoms with Gasteiger partial charge in [-0.05, 0) is 42.4 Å². The van der Waals surface area contributed by atoms with Gasteiger partial charge >= 0.3 is 5.97 Å². The Kier molecular flexibility index (Phi) is 4.73. The maximum atomic E-state index is 13.2. The van der Waals surface area contributed by atoms with Crippen LogP contribution in [0.25, 0.3) is 0 Å². The molecule has 1 aliphatic carbocycles. The zero-order valence-electron chi connectivity index (χ0n) is 15.4. The van der Waals surface area contributed by atoms with E-state index in [1.165, 1.54) is 16.7 Å². The SMILES string of the molecule is O=C(CC1(C(=O)O)CCC1)N1CCc2ccccc2C1Cc1ccccc1. The lowest BCUT2D eigenvalue weighted by Gasteiger charge is -2.42. The van der Waals surface area contributed by atoms with Crippen LogP contribution >= 0.6 is 0 Å². The first-order chi connectivity index (χ1) is 13.1. The van der Waals surface area contributed by atoms with Crippen molar-refractivity contribution in [2.45, 2.75) is 44.6 Å². The molecule has 0 aromatic heterocycles. The number of amides is 1. The number of carbonyl (C=O) groups excluding carboxylic acids is 1. The molecule has 1 heterocycles. The Labute approximate surface area is 159 Å². The fraction of sp³-hybridized carbons (Fsp3) is 0.391. The summed E-state index contributed by atoms with van der Waals surface area (Å²) in [4.78, 5) is 26.8. The summed E-state index contributed by atoms with van der Waals surface area (Å²) < 4.78 is 0. The average molecular weight is 363 g/mol. The number of aliphatic carboxylic acids is 1. The van der Waals surface area contributed by atoms with Crippen molar-refractivity contribution < 1.29 is 14.7 Å². The number of fused-ring (bicyclic) bond motifs is 1. The molecule has 1 unspecified atom stereocenters. The van der Waals surface area contributed by atoms with Crippen molar-refractivity contribution in [3.05, 3.63) is 71.3 Å². The van der Waals surface area contributed by atoms with E-state index in [1.807, 2.05) is 35.2 Å². The van der Waals surface area contributed by atoms with Crippen molar-refractivity contribution in [1.82, 2.24) is 4.90 Å². The van der Waals surface area contributed by atoms with Crippen molar-refractivity contribution >= 4 is 11.9 Å². The molecule has 1 fully saturated rings. The lowest BCUT2D eigenvalue weighted by Crippen LogP contribution is -2.47. The first-order valence-corrected chi connectivity index (χ1v) is 9.74. The third-order valence-electron chi connectivity index (χ3n) is 6.26. The van der Waals surface area contributed by atoms with Gasteiger partial charge in [0, 0.05) is 13.0 Å². The number of carboxylic acid groups (broad SMARTS) is 1. The fourth-order valence-electron chi connectivity index (χ4n) is 4.47. The second-order valence-electron chi connectivity index (χ2n) is 7.86. The molecule has 4 heteroatoms.